The minimum atomic E-state index is -0.140. The van der Waals surface area contributed by atoms with Crippen molar-refractivity contribution in [2.45, 2.75) is 13.0 Å². The van der Waals surface area contributed by atoms with Crippen molar-refractivity contribution >= 4 is 11.6 Å². The van der Waals surface area contributed by atoms with E-state index in [0.29, 0.717) is 11.6 Å². The molecule has 2 nitrogen and oxygen atoms in total. The van der Waals surface area contributed by atoms with Crippen molar-refractivity contribution in [2.75, 3.05) is 13.7 Å². The second kappa shape index (κ2) is 4.61. The zero-order chi connectivity index (χ0) is 9.84. The van der Waals surface area contributed by atoms with Gasteiger partial charge in [-0.15, -0.1) is 0 Å². The molecule has 1 atom stereocenters. The van der Waals surface area contributed by atoms with Gasteiger partial charge in [0.2, 0.25) is 0 Å². The maximum atomic E-state index is 6.02. The molecule has 1 aromatic carbocycles. The fraction of sp³-hybridized carbons (Fsp3) is 0.400. The molecular formula is C10H14ClNO. The molecule has 0 bridgehead atoms. The van der Waals surface area contributed by atoms with Gasteiger partial charge in [-0.25, -0.2) is 0 Å². The average molecular weight is 200 g/mol. The highest BCUT2D eigenvalue weighted by Crippen LogP contribution is 2.24. The van der Waals surface area contributed by atoms with Crippen LogP contribution in [0.25, 0.3) is 0 Å². The summed E-state index contributed by atoms with van der Waals surface area (Å²) in [5.41, 5.74) is 7.98. The standard InChI is InChI=1S/C10H14ClNO/c1-7-4-3-5-8(11)10(7)9(12)6-13-2/h3-5,9H,6,12H2,1-2H3/t9-/m1/s1. The summed E-state index contributed by atoms with van der Waals surface area (Å²) in [6.45, 7) is 2.49. The van der Waals surface area contributed by atoms with Crippen molar-refractivity contribution in [3.8, 4) is 0 Å². The molecule has 0 amide bonds. The van der Waals surface area contributed by atoms with Gasteiger partial charge in [0.1, 0.15) is 0 Å². The van der Waals surface area contributed by atoms with Crippen molar-refractivity contribution in [1.82, 2.24) is 0 Å². The summed E-state index contributed by atoms with van der Waals surface area (Å²) in [4.78, 5) is 0. The lowest BCUT2D eigenvalue weighted by molar-refractivity contribution is 0.180. The molecule has 72 valence electrons. The SMILES string of the molecule is COC[C@@H](N)c1c(C)cccc1Cl. The van der Waals surface area contributed by atoms with E-state index in [1.165, 1.54) is 0 Å². The number of rotatable bonds is 3. The third kappa shape index (κ3) is 2.44. The fourth-order valence-electron chi connectivity index (χ4n) is 1.38. The Kier molecular flexibility index (Phi) is 3.72. The number of benzene rings is 1. The van der Waals surface area contributed by atoms with E-state index in [1.54, 1.807) is 7.11 Å². The molecule has 2 N–H and O–H groups in total. The first kappa shape index (κ1) is 10.5. The van der Waals surface area contributed by atoms with Crippen LogP contribution in [0, 0.1) is 6.92 Å². The van der Waals surface area contributed by atoms with Gasteiger partial charge in [-0.2, -0.15) is 0 Å². The highest BCUT2D eigenvalue weighted by Gasteiger charge is 2.11. The molecule has 0 heterocycles. The first-order valence-corrected chi connectivity index (χ1v) is 4.54. The third-order valence-corrected chi connectivity index (χ3v) is 2.32. The van der Waals surface area contributed by atoms with Gasteiger partial charge in [0, 0.05) is 12.1 Å². The molecule has 0 saturated carbocycles. The summed E-state index contributed by atoms with van der Waals surface area (Å²) in [6, 6.07) is 5.62. The molecule has 0 aliphatic heterocycles. The zero-order valence-corrected chi connectivity index (χ0v) is 8.64. The summed E-state index contributed by atoms with van der Waals surface area (Å²) in [6.07, 6.45) is 0. The summed E-state index contributed by atoms with van der Waals surface area (Å²) in [5.74, 6) is 0. The largest absolute Gasteiger partial charge is 0.383 e. The Bertz CT molecular complexity index is 268. The minimum Gasteiger partial charge on any atom is -0.383 e. The fourth-order valence-corrected chi connectivity index (χ4v) is 1.74. The van der Waals surface area contributed by atoms with Crippen LogP contribution >= 0.6 is 11.6 Å². The second-order valence-electron chi connectivity index (χ2n) is 3.03. The average Bonchev–Trinajstić information content (AvgIpc) is 2.04. The van der Waals surface area contributed by atoms with Crippen molar-refractivity contribution in [3.63, 3.8) is 0 Å². The maximum absolute atomic E-state index is 6.02. The predicted octanol–water partition coefficient (Wildman–Crippen LogP) is 2.29. The van der Waals surface area contributed by atoms with Gasteiger partial charge in [-0.05, 0) is 24.1 Å². The van der Waals surface area contributed by atoms with Crippen molar-refractivity contribution in [3.05, 3.63) is 34.3 Å². The van der Waals surface area contributed by atoms with E-state index in [2.05, 4.69) is 0 Å². The molecule has 0 saturated heterocycles. The Morgan fingerprint density at radius 1 is 1.54 bits per heavy atom. The lowest BCUT2D eigenvalue weighted by atomic mass is 10.0. The van der Waals surface area contributed by atoms with Gasteiger partial charge in [0.25, 0.3) is 0 Å². The second-order valence-corrected chi connectivity index (χ2v) is 3.44. The molecule has 0 radical (unpaired) electrons. The first-order valence-electron chi connectivity index (χ1n) is 4.16. The van der Waals surface area contributed by atoms with E-state index < -0.39 is 0 Å². The number of halogens is 1. The normalized spacial score (nSPS) is 12.9. The van der Waals surface area contributed by atoms with Gasteiger partial charge < -0.3 is 10.5 Å². The van der Waals surface area contributed by atoms with E-state index in [-0.39, 0.29) is 6.04 Å². The van der Waals surface area contributed by atoms with Crippen LogP contribution in [0.15, 0.2) is 18.2 Å². The van der Waals surface area contributed by atoms with Crippen LogP contribution in [0.5, 0.6) is 0 Å². The summed E-state index contributed by atoms with van der Waals surface area (Å²) < 4.78 is 4.98. The summed E-state index contributed by atoms with van der Waals surface area (Å²) >= 11 is 6.02. The predicted molar refractivity (Wildman–Crippen MR) is 55.0 cm³/mol. The number of hydrogen-bond acceptors (Lipinski definition) is 2. The van der Waals surface area contributed by atoms with Gasteiger partial charge in [-0.1, -0.05) is 23.7 Å². The van der Waals surface area contributed by atoms with Gasteiger partial charge in [0.05, 0.1) is 12.6 Å². The number of ether oxygens (including phenoxy) is 1. The van der Waals surface area contributed by atoms with Crippen molar-refractivity contribution < 1.29 is 4.74 Å². The van der Waals surface area contributed by atoms with Crippen LogP contribution in [0.4, 0.5) is 0 Å². The van der Waals surface area contributed by atoms with E-state index in [9.17, 15) is 0 Å². The quantitative estimate of drug-likeness (QED) is 0.811. The Hall–Kier alpha value is -0.570. The van der Waals surface area contributed by atoms with Crippen LogP contribution in [0.3, 0.4) is 0 Å². The first-order chi connectivity index (χ1) is 6.16. The third-order valence-electron chi connectivity index (χ3n) is 1.99. The van der Waals surface area contributed by atoms with E-state index in [1.807, 2.05) is 25.1 Å². The number of nitrogens with two attached hydrogens (primary N) is 1. The molecule has 1 rings (SSSR count). The molecule has 0 aromatic heterocycles. The molecule has 3 heteroatoms. The van der Waals surface area contributed by atoms with Crippen LogP contribution < -0.4 is 5.73 Å². The number of methoxy groups -OCH3 is 1. The highest BCUT2D eigenvalue weighted by molar-refractivity contribution is 6.31. The van der Waals surface area contributed by atoms with Crippen LogP contribution in [0.1, 0.15) is 17.2 Å². The molecule has 0 spiro atoms. The van der Waals surface area contributed by atoms with Crippen molar-refractivity contribution in [1.29, 1.82) is 0 Å². The summed E-state index contributed by atoms with van der Waals surface area (Å²) in [5, 5.41) is 0.713. The lowest BCUT2D eigenvalue weighted by Crippen LogP contribution is -2.17. The van der Waals surface area contributed by atoms with Gasteiger partial charge >= 0.3 is 0 Å². The lowest BCUT2D eigenvalue weighted by Gasteiger charge is -2.15. The van der Waals surface area contributed by atoms with Crippen LogP contribution in [-0.4, -0.2) is 13.7 Å². The highest BCUT2D eigenvalue weighted by atomic mass is 35.5. The minimum absolute atomic E-state index is 0.140. The Morgan fingerprint density at radius 3 is 2.77 bits per heavy atom. The van der Waals surface area contributed by atoms with E-state index in [0.717, 1.165) is 11.1 Å². The Morgan fingerprint density at radius 2 is 2.23 bits per heavy atom. The Labute approximate surface area is 83.6 Å². The number of aryl methyl sites for hydroxylation is 1. The zero-order valence-electron chi connectivity index (χ0n) is 7.88. The molecule has 0 aliphatic rings. The maximum Gasteiger partial charge on any atom is 0.0656 e. The Balaban J connectivity index is 2.98. The molecule has 0 aliphatic carbocycles. The molecule has 0 unspecified atom stereocenters. The monoisotopic (exact) mass is 199 g/mol. The molecular weight excluding hydrogens is 186 g/mol. The molecule has 0 fully saturated rings. The van der Waals surface area contributed by atoms with Crippen LogP contribution in [-0.2, 0) is 4.74 Å². The van der Waals surface area contributed by atoms with E-state index >= 15 is 0 Å². The topological polar surface area (TPSA) is 35.2 Å². The summed E-state index contributed by atoms with van der Waals surface area (Å²) in [7, 11) is 1.63. The van der Waals surface area contributed by atoms with Crippen molar-refractivity contribution in [2.24, 2.45) is 5.73 Å². The molecule has 1 aromatic rings. The molecule has 13 heavy (non-hydrogen) atoms. The van der Waals surface area contributed by atoms with E-state index in [4.69, 9.17) is 22.1 Å². The van der Waals surface area contributed by atoms with Gasteiger partial charge in [0.15, 0.2) is 0 Å². The van der Waals surface area contributed by atoms with Crippen LogP contribution in [0.2, 0.25) is 5.02 Å². The smallest absolute Gasteiger partial charge is 0.0656 e. The number of hydrogen-bond donors (Lipinski definition) is 1. The van der Waals surface area contributed by atoms with Gasteiger partial charge in [-0.3, -0.25) is 0 Å².